The van der Waals surface area contributed by atoms with Gasteiger partial charge in [0.1, 0.15) is 11.5 Å². The molecule has 42 heavy (non-hydrogen) atoms. The van der Waals surface area contributed by atoms with Crippen LogP contribution in [-0.2, 0) is 10.2 Å². The normalized spacial score (nSPS) is 23.1. The zero-order valence-corrected chi connectivity index (χ0v) is 23.0. The summed E-state index contributed by atoms with van der Waals surface area (Å²) in [6.07, 6.45) is 6.88. The van der Waals surface area contributed by atoms with E-state index in [0.29, 0.717) is 33.9 Å². The lowest BCUT2D eigenvalue weighted by Gasteiger charge is -2.38. The van der Waals surface area contributed by atoms with E-state index in [2.05, 4.69) is 10.3 Å². The number of ketones is 2. The lowest BCUT2D eigenvalue weighted by Crippen LogP contribution is -2.49. The molecule has 1 fully saturated rings. The van der Waals surface area contributed by atoms with Gasteiger partial charge in [-0.05, 0) is 59.2 Å². The van der Waals surface area contributed by atoms with Crippen molar-refractivity contribution in [3.8, 4) is 11.5 Å². The van der Waals surface area contributed by atoms with Crippen molar-refractivity contribution in [2.75, 3.05) is 19.5 Å². The molecule has 3 aromatic carbocycles. The topological polar surface area (TPSA) is 97.8 Å². The maximum Gasteiger partial charge on any atom is 0.238 e. The molecule has 1 aromatic heterocycles. The summed E-state index contributed by atoms with van der Waals surface area (Å²) in [5, 5.41) is 3.06. The first-order chi connectivity index (χ1) is 20.5. The molecular weight excluding hydrogens is 530 g/mol. The Labute approximate surface area is 242 Å². The van der Waals surface area contributed by atoms with Gasteiger partial charge in [0.25, 0.3) is 0 Å². The van der Waals surface area contributed by atoms with Crippen molar-refractivity contribution < 1.29 is 23.9 Å². The zero-order valence-electron chi connectivity index (χ0n) is 23.0. The highest BCUT2D eigenvalue weighted by Crippen LogP contribution is 2.62. The number of rotatable bonds is 6. The fourth-order valence-electron chi connectivity index (χ4n) is 7.02. The average molecular weight is 558 g/mol. The van der Waals surface area contributed by atoms with Crippen molar-refractivity contribution in [2.45, 2.75) is 17.5 Å². The SMILES string of the molecule is COc1ccc(C(=O)[C@@H]2[C@H](C(=O)c3ccncc3)[C@]3(C(=O)Nc4ccccc43)[C@H]3c4ccccc4C=CN23)cc1OC. The molecule has 0 radical (unpaired) electrons. The number of methoxy groups -OCH3 is 2. The highest BCUT2D eigenvalue weighted by atomic mass is 16.5. The summed E-state index contributed by atoms with van der Waals surface area (Å²) in [4.78, 5) is 49.9. The smallest absolute Gasteiger partial charge is 0.238 e. The third-order valence-corrected chi connectivity index (χ3v) is 8.75. The van der Waals surface area contributed by atoms with Crippen LogP contribution in [0.3, 0.4) is 0 Å². The summed E-state index contributed by atoms with van der Waals surface area (Å²) >= 11 is 0. The van der Waals surface area contributed by atoms with Crippen molar-refractivity contribution in [3.05, 3.63) is 125 Å². The van der Waals surface area contributed by atoms with Crippen LogP contribution in [0.25, 0.3) is 6.08 Å². The fourth-order valence-corrected chi connectivity index (χ4v) is 7.02. The minimum atomic E-state index is -1.39. The standard InChI is InChI=1S/C34H27N3O5/c1-41-26-12-11-22(19-27(26)42-2)31(39)29-28(30(38)21-13-16-35-17-14-21)34(24-9-5-6-10-25(24)36-33(34)40)32-23-8-4-3-7-20(23)15-18-37(29)32/h3-19,28-29,32H,1-2H3,(H,36,40)/t28-,29+,32-,34+/m1/s1. The number of carbonyl (C=O) groups excluding carboxylic acids is 3. The van der Waals surface area contributed by atoms with Gasteiger partial charge in [-0.1, -0.05) is 42.5 Å². The number of Topliss-reactive ketones (excluding diaryl/α,β-unsaturated/α-hetero) is 2. The molecule has 8 heteroatoms. The number of fused-ring (bicyclic) bond motifs is 6. The molecule has 1 saturated heterocycles. The summed E-state index contributed by atoms with van der Waals surface area (Å²) < 4.78 is 10.9. The Morgan fingerprint density at radius 2 is 1.60 bits per heavy atom. The van der Waals surface area contributed by atoms with Crippen LogP contribution in [-0.4, -0.2) is 47.6 Å². The molecule has 4 aromatic rings. The second-order valence-corrected chi connectivity index (χ2v) is 10.6. The summed E-state index contributed by atoms with van der Waals surface area (Å²) in [6.45, 7) is 0. The molecule has 0 aliphatic carbocycles. The molecule has 3 aliphatic heterocycles. The number of pyridine rings is 1. The van der Waals surface area contributed by atoms with Gasteiger partial charge in [-0.15, -0.1) is 0 Å². The van der Waals surface area contributed by atoms with Crippen LogP contribution >= 0.6 is 0 Å². The Morgan fingerprint density at radius 3 is 2.38 bits per heavy atom. The molecule has 1 amide bonds. The summed E-state index contributed by atoms with van der Waals surface area (Å²) in [6, 6.07) is 21.9. The summed E-state index contributed by atoms with van der Waals surface area (Å²) in [5.74, 6) is -1.10. The number of anilines is 1. The average Bonchev–Trinajstić information content (AvgIpc) is 3.52. The summed E-state index contributed by atoms with van der Waals surface area (Å²) in [7, 11) is 3.03. The van der Waals surface area contributed by atoms with Crippen LogP contribution < -0.4 is 14.8 Å². The van der Waals surface area contributed by atoms with Gasteiger partial charge in [0.2, 0.25) is 5.91 Å². The van der Waals surface area contributed by atoms with E-state index in [9.17, 15) is 14.4 Å². The first kappa shape index (κ1) is 25.7. The van der Waals surface area contributed by atoms with Crippen molar-refractivity contribution in [1.82, 2.24) is 9.88 Å². The number of nitrogens with zero attached hydrogens (tertiary/aromatic N) is 2. The largest absolute Gasteiger partial charge is 0.493 e. The monoisotopic (exact) mass is 557 g/mol. The predicted molar refractivity (Wildman–Crippen MR) is 157 cm³/mol. The highest BCUT2D eigenvalue weighted by Gasteiger charge is 2.70. The van der Waals surface area contributed by atoms with E-state index < -0.39 is 23.4 Å². The van der Waals surface area contributed by atoms with Crippen LogP contribution in [0.15, 0.2) is 97.5 Å². The third kappa shape index (κ3) is 3.48. The van der Waals surface area contributed by atoms with Gasteiger partial charge >= 0.3 is 0 Å². The van der Waals surface area contributed by atoms with Crippen molar-refractivity contribution in [1.29, 1.82) is 0 Å². The van der Waals surface area contributed by atoms with Crippen LogP contribution in [0.4, 0.5) is 5.69 Å². The number of hydrogen-bond donors (Lipinski definition) is 1. The van der Waals surface area contributed by atoms with Gasteiger partial charge in [0, 0.05) is 35.4 Å². The quantitative estimate of drug-likeness (QED) is 0.330. The first-order valence-corrected chi connectivity index (χ1v) is 13.7. The van der Waals surface area contributed by atoms with E-state index >= 15 is 0 Å². The number of aromatic nitrogens is 1. The van der Waals surface area contributed by atoms with Crippen LogP contribution in [0, 0.1) is 5.92 Å². The maximum absolute atomic E-state index is 14.7. The minimum absolute atomic E-state index is 0.300. The van der Waals surface area contributed by atoms with E-state index in [-0.39, 0.29) is 17.5 Å². The third-order valence-electron chi connectivity index (χ3n) is 8.75. The molecule has 4 heterocycles. The van der Waals surface area contributed by atoms with E-state index in [4.69, 9.17) is 9.47 Å². The molecule has 1 N–H and O–H groups in total. The number of amides is 1. The Bertz CT molecular complexity index is 1790. The highest BCUT2D eigenvalue weighted by molar-refractivity contribution is 6.16. The summed E-state index contributed by atoms with van der Waals surface area (Å²) in [5.41, 5.74) is 2.49. The molecule has 3 aliphatic rings. The van der Waals surface area contributed by atoms with Gasteiger partial charge in [0.05, 0.1) is 26.2 Å². The fraction of sp³-hybridized carbons (Fsp3) is 0.176. The number of carbonyl (C=O) groups is 3. The van der Waals surface area contributed by atoms with Gasteiger partial charge in [-0.25, -0.2) is 0 Å². The lowest BCUT2D eigenvalue weighted by atomic mass is 9.62. The molecule has 0 unspecified atom stereocenters. The Kier molecular flexibility index (Phi) is 5.93. The Hall–Kier alpha value is -5.24. The van der Waals surface area contributed by atoms with Crippen LogP contribution in [0.2, 0.25) is 0 Å². The van der Waals surface area contributed by atoms with Crippen LogP contribution in [0.1, 0.15) is 43.4 Å². The number of nitrogens with one attached hydrogen (secondary N) is 1. The van der Waals surface area contributed by atoms with E-state index in [1.165, 1.54) is 14.2 Å². The Morgan fingerprint density at radius 1 is 0.857 bits per heavy atom. The number of hydrogen-bond acceptors (Lipinski definition) is 7. The maximum atomic E-state index is 14.7. The molecule has 208 valence electrons. The Balaban J connectivity index is 1.52. The van der Waals surface area contributed by atoms with E-state index in [1.807, 2.05) is 65.7 Å². The molecule has 0 bridgehead atoms. The minimum Gasteiger partial charge on any atom is -0.493 e. The first-order valence-electron chi connectivity index (χ1n) is 13.7. The van der Waals surface area contributed by atoms with Gasteiger partial charge in [-0.2, -0.15) is 0 Å². The molecule has 8 nitrogen and oxygen atoms in total. The molecule has 1 spiro atoms. The zero-order chi connectivity index (χ0) is 29.0. The van der Waals surface area contributed by atoms with Crippen LogP contribution in [0.5, 0.6) is 11.5 Å². The molecule has 0 saturated carbocycles. The lowest BCUT2D eigenvalue weighted by molar-refractivity contribution is -0.122. The molecule has 4 atom stereocenters. The predicted octanol–water partition coefficient (Wildman–Crippen LogP) is 5.08. The van der Waals surface area contributed by atoms with E-state index in [1.54, 1.807) is 42.7 Å². The molecular formula is C34H27N3O5. The number of ether oxygens (including phenoxy) is 2. The van der Waals surface area contributed by atoms with Gasteiger partial charge in [-0.3, -0.25) is 19.4 Å². The van der Waals surface area contributed by atoms with Crippen molar-refractivity contribution in [2.24, 2.45) is 5.92 Å². The van der Waals surface area contributed by atoms with Crippen molar-refractivity contribution in [3.63, 3.8) is 0 Å². The second kappa shape index (κ2) is 9.69. The van der Waals surface area contributed by atoms with E-state index in [0.717, 1.165) is 11.1 Å². The van der Waals surface area contributed by atoms with Gasteiger partial charge in [0.15, 0.2) is 23.1 Å². The number of para-hydroxylation sites is 1. The van der Waals surface area contributed by atoms with Gasteiger partial charge < -0.3 is 19.7 Å². The molecule has 7 rings (SSSR count). The second-order valence-electron chi connectivity index (χ2n) is 10.6. The van der Waals surface area contributed by atoms with Crippen molar-refractivity contribution >= 4 is 29.2 Å². The number of benzene rings is 3.